The van der Waals surface area contributed by atoms with Gasteiger partial charge in [0.2, 0.25) is 0 Å². The van der Waals surface area contributed by atoms with Gasteiger partial charge in [-0.05, 0) is 107 Å². The first-order valence-corrected chi connectivity index (χ1v) is 9.25. The molecule has 114 valence electrons. The van der Waals surface area contributed by atoms with E-state index in [1.54, 1.807) is 38.5 Å². The molecule has 0 heterocycles. The van der Waals surface area contributed by atoms with E-state index in [1.165, 1.54) is 45.3 Å². The van der Waals surface area contributed by atoms with Crippen molar-refractivity contribution in [3.63, 3.8) is 0 Å². The van der Waals surface area contributed by atoms with E-state index in [9.17, 15) is 0 Å². The summed E-state index contributed by atoms with van der Waals surface area (Å²) in [5, 5.41) is 7.32. The van der Waals surface area contributed by atoms with Crippen LogP contribution in [0.4, 0.5) is 0 Å². The minimum atomic E-state index is 0.772. The average Bonchev–Trinajstić information content (AvgIpc) is 3.20. The Hall–Kier alpha value is -0.0800. The van der Waals surface area contributed by atoms with Crippen LogP contribution in [-0.4, -0.2) is 25.7 Å². The van der Waals surface area contributed by atoms with Crippen LogP contribution in [0.5, 0.6) is 0 Å². The topological polar surface area (TPSA) is 24.1 Å². The molecular weight excluding hydrogens is 244 g/mol. The molecule has 5 fully saturated rings. The van der Waals surface area contributed by atoms with E-state index >= 15 is 0 Å². The summed E-state index contributed by atoms with van der Waals surface area (Å²) in [6, 6.07) is 0.877. The number of nitrogens with one attached hydrogen (secondary N) is 2. The van der Waals surface area contributed by atoms with Gasteiger partial charge in [-0.15, -0.1) is 0 Å². The number of hydrogen-bond donors (Lipinski definition) is 2. The Morgan fingerprint density at radius 3 is 2.05 bits per heavy atom. The van der Waals surface area contributed by atoms with Gasteiger partial charge in [0, 0.05) is 6.04 Å². The zero-order valence-electron chi connectivity index (χ0n) is 13.0. The Kier molecular flexibility index (Phi) is 3.80. The summed E-state index contributed by atoms with van der Waals surface area (Å²) < 4.78 is 0. The van der Waals surface area contributed by atoms with Gasteiger partial charge in [-0.2, -0.15) is 0 Å². The standard InChI is InChI=1S/C18H32N2/c1(6-20-17-2-3-17)5-19-7-4-18-11-14-8-15(12-18)10-16(9-14)13-18/h14-17,19-20H,1-13H2. The SMILES string of the molecule is C(CNCCC12CC3CC(CC(C3)C1)C2)CNC1CC1. The quantitative estimate of drug-likeness (QED) is 0.665. The molecule has 5 saturated carbocycles. The van der Waals surface area contributed by atoms with Crippen LogP contribution in [0.25, 0.3) is 0 Å². The highest BCUT2D eigenvalue weighted by Crippen LogP contribution is 2.61. The Labute approximate surface area is 124 Å². The lowest BCUT2D eigenvalue weighted by Crippen LogP contribution is -2.47. The van der Waals surface area contributed by atoms with Crippen LogP contribution >= 0.6 is 0 Å². The Balaban J connectivity index is 1.14. The van der Waals surface area contributed by atoms with E-state index in [4.69, 9.17) is 0 Å². The highest BCUT2D eigenvalue weighted by Gasteiger charge is 2.50. The van der Waals surface area contributed by atoms with Crippen molar-refractivity contribution in [1.29, 1.82) is 0 Å². The third-order valence-corrected chi connectivity index (χ3v) is 6.54. The van der Waals surface area contributed by atoms with Crippen LogP contribution in [0, 0.1) is 23.2 Å². The summed E-state index contributed by atoms with van der Waals surface area (Å²) in [4.78, 5) is 0. The molecule has 2 nitrogen and oxygen atoms in total. The van der Waals surface area contributed by atoms with E-state index in [-0.39, 0.29) is 0 Å². The fourth-order valence-electron chi connectivity index (χ4n) is 5.88. The van der Waals surface area contributed by atoms with Crippen LogP contribution in [0.3, 0.4) is 0 Å². The van der Waals surface area contributed by atoms with Crippen LogP contribution in [0.2, 0.25) is 0 Å². The third kappa shape index (κ3) is 3.06. The highest BCUT2D eigenvalue weighted by atomic mass is 14.9. The van der Waals surface area contributed by atoms with Crippen molar-refractivity contribution < 1.29 is 0 Å². The summed E-state index contributed by atoms with van der Waals surface area (Å²) in [6.07, 6.45) is 15.1. The lowest BCUT2D eigenvalue weighted by Gasteiger charge is -2.57. The van der Waals surface area contributed by atoms with Crippen LogP contribution < -0.4 is 10.6 Å². The largest absolute Gasteiger partial charge is 0.317 e. The van der Waals surface area contributed by atoms with Crippen molar-refractivity contribution in [3.05, 3.63) is 0 Å². The van der Waals surface area contributed by atoms with Gasteiger partial charge in [-0.1, -0.05) is 0 Å². The lowest BCUT2D eigenvalue weighted by molar-refractivity contribution is -0.0567. The second-order valence-corrected chi connectivity index (χ2v) is 8.50. The molecule has 0 saturated heterocycles. The fourth-order valence-corrected chi connectivity index (χ4v) is 5.88. The van der Waals surface area contributed by atoms with E-state index < -0.39 is 0 Å². The zero-order chi connectivity index (χ0) is 13.4. The van der Waals surface area contributed by atoms with Gasteiger partial charge in [0.05, 0.1) is 0 Å². The first-order chi connectivity index (χ1) is 9.81. The molecule has 0 spiro atoms. The summed E-state index contributed by atoms with van der Waals surface area (Å²) in [7, 11) is 0. The second kappa shape index (κ2) is 5.61. The normalized spacial score (nSPS) is 42.3. The Bertz CT molecular complexity index is 299. The predicted octanol–water partition coefficient (Wildman–Crippen LogP) is 3.32. The first-order valence-electron chi connectivity index (χ1n) is 9.25. The van der Waals surface area contributed by atoms with Crippen molar-refractivity contribution >= 4 is 0 Å². The molecule has 0 atom stereocenters. The zero-order valence-corrected chi connectivity index (χ0v) is 13.0. The highest BCUT2D eigenvalue weighted by molar-refractivity contribution is 5.01. The molecule has 0 aromatic heterocycles. The van der Waals surface area contributed by atoms with E-state index in [0.717, 1.165) is 29.2 Å². The molecular formula is C18H32N2. The van der Waals surface area contributed by atoms with Crippen molar-refractivity contribution in [2.24, 2.45) is 23.2 Å². The second-order valence-electron chi connectivity index (χ2n) is 8.50. The van der Waals surface area contributed by atoms with Gasteiger partial charge < -0.3 is 10.6 Å². The molecule has 0 amide bonds. The average molecular weight is 276 g/mol. The molecule has 0 unspecified atom stereocenters. The summed E-state index contributed by atoms with van der Waals surface area (Å²) >= 11 is 0. The maximum atomic E-state index is 3.71. The van der Waals surface area contributed by atoms with E-state index in [2.05, 4.69) is 10.6 Å². The molecule has 5 rings (SSSR count). The Morgan fingerprint density at radius 1 is 0.800 bits per heavy atom. The van der Waals surface area contributed by atoms with Gasteiger partial charge in [0.15, 0.2) is 0 Å². The van der Waals surface area contributed by atoms with Gasteiger partial charge in [0.25, 0.3) is 0 Å². The Morgan fingerprint density at radius 2 is 1.45 bits per heavy atom. The molecule has 2 heteroatoms. The van der Waals surface area contributed by atoms with Crippen molar-refractivity contribution in [3.8, 4) is 0 Å². The maximum Gasteiger partial charge on any atom is 0.00682 e. The van der Waals surface area contributed by atoms with Gasteiger partial charge >= 0.3 is 0 Å². The summed E-state index contributed by atoms with van der Waals surface area (Å²) in [5.41, 5.74) is 0.772. The number of hydrogen-bond acceptors (Lipinski definition) is 2. The minimum Gasteiger partial charge on any atom is -0.317 e. The van der Waals surface area contributed by atoms with Gasteiger partial charge in [-0.3, -0.25) is 0 Å². The third-order valence-electron chi connectivity index (χ3n) is 6.54. The molecule has 0 aromatic rings. The lowest BCUT2D eigenvalue weighted by atomic mass is 9.49. The predicted molar refractivity (Wildman–Crippen MR) is 83.7 cm³/mol. The first kappa shape index (κ1) is 13.6. The molecule has 2 N–H and O–H groups in total. The fraction of sp³-hybridized carbons (Fsp3) is 1.00. The molecule has 20 heavy (non-hydrogen) atoms. The summed E-state index contributed by atoms with van der Waals surface area (Å²) in [5.74, 6) is 3.34. The molecule has 4 bridgehead atoms. The minimum absolute atomic E-state index is 0.772. The van der Waals surface area contributed by atoms with Crippen molar-refractivity contribution in [2.45, 2.75) is 70.3 Å². The molecule has 5 aliphatic carbocycles. The monoisotopic (exact) mass is 276 g/mol. The van der Waals surface area contributed by atoms with Crippen LogP contribution in [-0.2, 0) is 0 Å². The van der Waals surface area contributed by atoms with Crippen LogP contribution in [0.1, 0.15) is 64.2 Å². The molecule has 0 aromatic carbocycles. The van der Waals surface area contributed by atoms with E-state index in [1.807, 2.05) is 0 Å². The van der Waals surface area contributed by atoms with E-state index in [0.29, 0.717) is 0 Å². The molecule has 0 radical (unpaired) electrons. The maximum absolute atomic E-state index is 3.71. The van der Waals surface area contributed by atoms with Crippen molar-refractivity contribution in [1.82, 2.24) is 10.6 Å². The van der Waals surface area contributed by atoms with Gasteiger partial charge in [0.1, 0.15) is 0 Å². The smallest absolute Gasteiger partial charge is 0.00682 e. The molecule has 5 aliphatic rings. The molecule has 0 aliphatic heterocycles. The number of rotatable bonds is 8. The van der Waals surface area contributed by atoms with Gasteiger partial charge in [-0.25, -0.2) is 0 Å². The van der Waals surface area contributed by atoms with Crippen LogP contribution in [0.15, 0.2) is 0 Å². The summed E-state index contributed by atoms with van der Waals surface area (Å²) in [6.45, 7) is 3.71. The van der Waals surface area contributed by atoms with Crippen molar-refractivity contribution in [2.75, 3.05) is 19.6 Å².